The van der Waals surface area contributed by atoms with Crippen LogP contribution in [0.15, 0.2) is 0 Å². The van der Waals surface area contributed by atoms with Crippen molar-refractivity contribution in [2.45, 2.75) is 38.3 Å². The van der Waals surface area contributed by atoms with Gasteiger partial charge in [-0.15, -0.1) is 0 Å². The Morgan fingerprint density at radius 1 is 1.44 bits per heavy atom. The Morgan fingerprint density at radius 2 is 2.11 bits per heavy atom. The highest BCUT2D eigenvalue weighted by Gasteiger charge is 2.25. The van der Waals surface area contributed by atoms with Crippen molar-refractivity contribution >= 4 is 0 Å². The molecule has 0 heterocycles. The third kappa shape index (κ3) is 1.43. The van der Waals surface area contributed by atoms with E-state index in [1.807, 2.05) is 0 Å². The zero-order chi connectivity index (χ0) is 6.85. The first-order valence-corrected chi connectivity index (χ1v) is 3.65. The molecule has 0 aromatic carbocycles. The van der Waals surface area contributed by atoms with Crippen LogP contribution < -0.4 is 5.73 Å². The van der Waals surface area contributed by atoms with Crippen molar-refractivity contribution in [1.29, 1.82) is 0 Å². The SMILES string of the molecule is C[C@@H]1CCC[C@H](O)[C@H]1N. The fourth-order valence-corrected chi connectivity index (χ4v) is 1.41. The third-order valence-corrected chi connectivity index (χ3v) is 2.26. The highest BCUT2D eigenvalue weighted by Crippen LogP contribution is 2.22. The summed E-state index contributed by atoms with van der Waals surface area (Å²) in [5, 5.41) is 9.22. The van der Waals surface area contributed by atoms with Crippen molar-refractivity contribution in [2.24, 2.45) is 11.7 Å². The first kappa shape index (κ1) is 7.03. The first-order valence-electron chi connectivity index (χ1n) is 3.65. The van der Waals surface area contributed by atoms with Gasteiger partial charge in [-0.2, -0.15) is 0 Å². The zero-order valence-electron chi connectivity index (χ0n) is 5.88. The number of hydrogen-bond donors (Lipinski definition) is 2. The number of rotatable bonds is 0. The number of hydrogen-bond acceptors (Lipinski definition) is 2. The summed E-state index contributed by atoms with van der Waals surface area (Å²) in [5.41, 5.74) is 5.67. The van der Waals surface area contributed by atoms with Crippen LogP contribution in [0.4, 0.5) is 0 Å². The normalized spacial score (nSPS) is 45.0. The molecule has 3 N–H and O–H groups in total. The smallest absolute Gasteiger partial charge is 0.0693 e. The van der Waals surface area contributed by atoms with Gasteiger partial charge in [0.1, 0.15) is 0 Å². The van der Waals surface area contributed by atoms with Gasteiger partial charge in [-0.3, -0.25) is 0 Å². The van der Waals surface area contributed by atoms with Crippen LogP contribution in [-0.2, 0) is 0 Å². The van der Waals surface area contributed by atoms with Crippen molar-refractivity contribution in [2.75, 3.05) is 0 Å². The summed E-state index contributed by atoms with van der Waals surface area (Å²) in [5.74, 6) is 0.508. The van der Waals surface area contributed by atoms with Crippen molar-refractivity contribution in [3.63, 3.8) is 0 Å². The molecule has 0 aromatic heterocycles. The quantitative estimate of drug-likeness (QED) is 0.500. The molecule has 54 valence electrons. The molecule has 0 saturated heterocycles. The van der Waals surface area contributed by atoms with Crippen LogP contribution in [0, 0.1) is 5.92 Å². The maximum Gasteiger partial charge on any atom is 0.0693 e. The molecule has 0 aromatic rings. The average Bonchev–Trinajstić information content (AvgIpc) is 1.83. The first-order chi connectivity index (χ1) is 4.22. The van der Waals surface area contributed by atoms with Crippen LogP contribution in [0.3, 0.4) is 0 Å². The van der Waals surface area contributed by atoms with Gasteiger partial charge in [0.25, 0.3) is 0 Å². The number of aliphatic hydroxyl groups excluding tert-OH is 1. The van der Waals surface area contributed by atoms with E-state index in [0.29, 0.717) is 5.92 Å². The van der Waals surface area contributed by atoms with Gasteiger partial charge in [0.05, 0.1) is 6.10 Å². The molecule has 1 aliphatic carbocycles. The van der Waals surface area contributed by atoms with E-state index in [1.165, 1.54) is 6.42 Å². The van der Waals surface area contributed by atoms with Crippen molar-refractivity contribution in [3.05, 3.63) is 0 Å². The summed E-state index contributed by atoms with van der Waals surface area (Å²) in [4.78, 5) is 0. The summed E-state index contributed by atoms with van der Waals surface area (Å²) in [6.45, 7) is 2.10. The Labute approximate surface area is 56.1 Å². The average molecular weight is 129 g/mol. The minimum absolute atomic E-state index is 0.0266. The minimum Gasteiger partial charge on any atom is -0.392 e. The molecular weight excluding hydrogens is 114 g/mol. The molecule has 1 aliphatic rings. The molecule has 0 spiro atoms. The molecule has 1 rings (SSSR count). The molecule has 3 atom stereocenters. The Hall–Kier alpha value is -0.0800. The molecule has 0 amide bonds. The summed E-state index contributed by atoms with van der Waals surface area (Å²) in [7, 11) is 0. The lowest BCUT2D eigenvalue weighted by Crippen LogP contribution is -2.43. The van der Waals surface area contributed by atoms with Gasteiger partial charge < -0.3 is 10.8 Å². The highest BCUT2D eigenvalue weighted by atomic mass is 16.3. The van der Waals surface area contributed by atoms with Crippen molar-refractivity contribution in [1.82, 2.24) is 0 Å². The highest BCUT2D eigenvalue weighted by molar-refractivity contribution is 4.81. The van der Waals surface area contributed by atoms with E-state index in [9.17, 15) is 5.11 Å². The molecule has 0 aliphatic heterocycles. The molecule has 0 bridgehead atoms. The van der Waals surface area contributed by atoms with Gasteiger partial charge in [0, 0.05) is 6.04 Å². The topological polar surface area (TPSA) is 46.2 Å². The molecule has 9 heavy (non-hydrogen) atoms. The van der Waals surface area contributed by atoms with E-state index in [4.69, 9.17) is 5.73 Å². The Morgan fingerprint density at radius 3 is 2.56 bits per heavy atom. The second kappa shape index (κ2) is 2.67. The lowest BCUT2D eigenvalue weighted by Gasteiger charge is -2.29. The number of nitrogens with two attached hydrogens (primary N) is 1. The van der Waals surface area contributed by atoms with Gasteiger partial charge in [0.15, 0.2) is 0 Å². The molecule has 0 unspecified atom stereocenters. The van der Waals surface area contributed by atoms with E-state index < -0.39 is 0 Å². The molecule has 2 heteroatoms. The lowest BCUT2D eigenvalue weighted by molar-refractivity contribution is 0.0817. The minimum atomic E-state index is -0.242. The third-order valence-electron chi connectivity index (χ3n) is 2.26. The summed E-state index contributed by atoms with van der Waals surface area (Å²) >= 11 is 0. The zero-order valence-corrected chi connectivity index (χ0v) is 5.88. The molecular formula is C7H15NO. The van der Waals surface area contributed by atoms with E-state index in [0.717, 1.165) is 12.8 Å². The predicted octanol–water partition coefficient (Wildman–Crippen LogP) is 0.495. The number of aliphatic hydroxyl groups is 1. The summed E-state index contributed by atoms with van der Waals surface area (Å²) in [6, 6.07) is 0.0266. The summed E-state index contributed by atoms with van der Waals surface area (Å²) < 4.78 is 0. The van der Waals surface area contributed by atoms with E-state index >= 15 is 0 Å². The van der Waals surface area contributed by atoms with Gasteiger partial charge in [0.2, 0.25) is 0 Å². The van der Waals surface area contributed by atoms with Gasteiger partial charge >= 0.3 is 0 Å². The monoisotopic (exact) mass is 129 g/mol. The fraction of sp³-hybridized carbons (Fsp3) is 1.00. The molecule has 0 radical (unpaired) electrons. The van der Waals surface area contributed by atoms with Crippen LogP contribution in [-0.4, -0.2) is 17.3 Å². The van der Waals surface area contributed by atoms with Gasteiger partial charge in [-0.05, 0) is 18.8 Å². The van der Waals surface area contributed by atoms with Crippen LogP contribution in [0.25, 0.3) is 0 Å². The van der Waals surface area contributed by atoms with Crippen LogP contribution in [0.5, 0.6) is 0 Å². The van der Waals surface area contributed by atoms with Crippen molar-refractivity contribution < 1.29 is 5.11 Å². The molecule has 1 saturated carbocycles. The molecule has 1 fully saturated rings. The maximum atomic E-state index is 9.22. The predicted molar refractivity (Wildman–Crippen MR) is 37.0 cm³/mol. The summed E-state index contributed by atoms with van der Waals surface area (Å²) in [6.07, 6.45) is 2.97. The molecule has 2 nitrogen and oxygen atoms in total. The Balaban J connectivity index is 2.41. The standard InChI is InChI=1S/C7H15NO/c1-5-3-2-4-6(9)7(5)8/h5-7,9H,2-4,8H2,1H3/t5-,6+,7+/m1/s1. The Bertz CT molecular complexity index is 84.9. The fourth-order valence-electron chi connectivity index (χ4n) is 1.41. The van der Waals surface area contributed by atoms with Gasteiger partial charge in [-0.25, -0.2) is 0 Å². The largest absolute Gasteiger partial charge is 0.392 e. The second-order valence-corrected chi connectivity index (χ2v) is 3.05. The van der Waals surface area contributed by atoms with Crippen LogP contribution >= 0.6 is 0 Å². The van der Waals surface area contributed by atoms with Crippen LogP contribution in [0.2, 0.25) is 0 Å². The maximum absolute atomic E-state index is 9.22. The van der Waals surface area contributed by atoms with Crippen molar-refractivity contribution in [3.8, 4) is 0 Å². The van der Waals surface area contributed by atoms with E-state index in [-0.39, 0.29) is 12.1 Å². The van der Waals surface area contributed by atoms with Gasteiger partial charge in [-0.1, -0.05) is 13.3 Å². The van der Waals surface area contributed by atoms with Crippen LogP contribution in [0.1, 0.15) is 26.2 Å². The lowest BCUT2D eigenvalue weighted by atomic mass is 9.84. The van der Waals surface area contributed by atoms with E-state index in [2.05, 4.69) is 6.92 Å². The Kier molecular flexibility index (Phi) is 2.09. The second-order valence-electron chi connectivity index (χ2n) is 3.05. The van der Waals surface area contributed by atoms with E-state index in [1.54, 1.807) is 0 Å².